The number of rotatable bonds is 8. The van der Waals surface area contributed by atoms with Crippen LogP contribution in [0.3, 0.4) is 0 Å². The molecule has 156 valence electrons. The van der Waals surface area contributed by atoms with Crippen LogP contribution in [0.4, 0.5) is 0 Å². The average molecular weight is 394 g/mol. The quantitative estimate of drug-likeness (QED) is 0.445. The fourth-order valence-corrected chi connectivity index (χ4v) is 4.07. The first-order valence-electron chi connectivity index (χ1n) is 10.9. The number of aromatic nitrogens is 3. The molecule has 1 atom stereocenters. The molecule has 3 heterocycles. The third-order valence-corrected chi connectivity index (χ3v) is 5.73. The van der Waals surface area contributed by atoms with Crippen LogP contribution in [0.2, 0.25) is 0 Å². The summed E-state index contributed by atoms with van der Waals surface area (Å²) in [6.45, 7) is 13.8. The predicted octanol–water partition coefficient (Wildman–Crippen LogP) is 6.39. The van der Waals surface area contributed by atoms with Gasteiger partial charge in [-0.2, -0.15) is 0 Å². The summed E-state index contributed by atoms with van der Waals surface area (Å²) in [5.41, 5.74) is 9.23. The molecule has 29 heavy (non-hydrogen) atoms. The van der Waals surface area contributed by atoms with Gasteiger partial charge in [0.15, 0.2) is 0 Å². The Morgan fingerprint density at radius 2 is 1.83 bits per heavy atom. The number of pyridine rings is 2. The van der Waals surface area contributed by atoms with Gasteiger partial charge in [0, 0.05) is 24.6 Å². The van der Waals surface area contributed by atoms with E-state index in [-0.39, 0.29) is 0 Å². The molecule has 0 bridgehead atoms. The second kappa shape index (κ2) is 9.08. The Bertz CT molecular complexity index is 987. The molecule has 0 radical (unpaired) electrons. The summed E-state index contributed by atoms with van der Waals surface area (Å²) in [7, 11) is 1.77. The number of nitrogens with zero attached hydrogens (tertiary/aromatic N) is 3. The molecular formula is C25H35N3O. The van der Waals surface area contributed by atoms with Crippen LogP contribution < -0.4 is 0 Å². The maximum atomic E-state index is 5.45. The molecule has 4 heteroatoms. The van der Waals surface area contributed by atoms with Gasteiger partial charge < -0.3 is 9.30 Å². The number of hydrogen-bond donors (Lipinski definition) is 0. The Balaban J connectivity index is 2.17. The highest BCUT2D eigenvalue weighted by atomic mass is 16.5. The lowest BCUT2D eigenvalue weighted by atomic mass is 9.99. The fourth-order valence-electron chi connectivity index (χ4n) is 4.07. The van der Waals surface area contributed by atoms with Crippen molar-refractivity contribution >= 4 is 11.0 Å². The highest BCUT2D eigenvalue weighted by Gasteiger charge is 2.18. The number of hydrogen-bond acceptors (Lipinski definition) is 3. The van der Waals surface area contributed by atoms with E-state index >= 15 is 0 Å². The molecular weight excluding hydrogens is 358 g/mol. The van der Waals surface area contributed by atoms with Crippen molar-refractivity contribution in [3.8, 4) is 11.3 Å². The van der Waals surface area contributed by atoms with Crippen molar-refractivity contribution in [1.82, 2.24) is 14.5 Å². The number of fused-ring (bicyclic) bond motifs is 1. The zero-order chi connectivity index (χ0) is 21.1. The first-order chi connectivity index (χ1) is 13.9. The molecule has 0 fully saturated rings. The highest BCUT2D eigenvalue weighted by Crippen LogP contribution is 2.32. The largest absolute Gasteiger partial charge is 0.383 e. The molecule has 0 N–H and O–H groups in total. The second-order valence-electron chi connectivity index (χ2n) is 8.39. The summed E-state index contributed by atoms with van der Waals surface area (Å²) in [6, 6.07) is 7.00. The SMILES string of the molecule is CCCc1nc(C(C)C)ccc1-c1nc2c(C)cn(C(CC)COC)c2cc1C. The van der Waals surface area contributed by atoms with Gasteiger partial charge in [-0.05, 0) is 61.9 Å². The molecule has 3 aromatic rings. The summed E-state index contributed by atoms with van der Waals surface area (Å²) in [5.74, 6) is 0.430. The van der Waals surface area contributed by atoms with Gasteiger partial charge >= 0.3 is 0 Å². The first-order valence-corrected chi connectivity index (χ1v) is 10.9. The van der Waals surface area contributed by atoms with Crippen LogP contribution in [0, 0.1) is 13.8 Å². The Hall–Kier alpha value is -2.20. The molecule has 0 saturated heterocycles. The summed E-state index contributed by atoms with van der Waals surface area (Å²) < 4.78 is 7.79. The van der Waals surface area contributed by atoms with E-state index in [1.807, 2.05) is 0 Å². The molecule has 4 nitrogen and oxygen atoms in total. The highest BCUT2D eigenvalue weighted by molar-refractivity contribution is 5.84. The van der Waals surface area contributed by atoms with E-state index in [9.17, 15) is 0 Å². The smallest absolute Gasteiger partial charge is 0.0917 e. The molecule has 0 aliphatic carbocycles. The summed E-state index contributed by atoms with van der Waals surface area (Å²) in [5, 5.41) is 0. The lowest BCUT2D eigenvalue weighted by molar-refractivity contribution is 0.155. The molecule has 0 spiro atoms. The fraction of sp³-hybridized carbons (Fsp3) is 0.520. The van der Waals surface area contributed by atoms with Crippen molar-refractivity contribution in [1.29, 1.82) is 0 Å². The monoisotopic (exact) mass is 393 g/mol. The minimum absolute atomic E-state index is 0.325. The predicted molar refractivity (Wildman–Crippen MR) is 122 cm³/mol. The van der Waals surface area contributed by atoms with Gasteiger partial charge in [-0.15, -0.1) is 0 Å². The van der Waals surface area contributed by atoms with E-state index in [4.69, 9.17) is 14.7 Å². The van der Waals surface area contributed by atoms with Crippen LogP contribution in [0.1, 0.15) is 75.0 Å². The van der Waals surface area contributed by atoms with Gasteiger partial charge in [0.2, 0.25) is 0 Å². The van der Waals surface area contributed by atoms with Gasteiger partial charge in [-0.3, -0.25) is 4.98 Å². The lowest BCUT2D eigenvalue weighted by Crippen LogP contribution is -2.13. The van der Waals surface area contributed by atoms with Gasteiger partial charge in [0.05, 0.1) is 35.1 Å². The summed E-state index contributed by atoms with van der Waals surface area (Å²) in [6.07, 6.45) is 5.30. The summed E-state index contributed by atoms with van der Waals surface area (Å²) in [4.78, 5) is 10.1. The Morgan fingerprint density at radius 1 is 1.07 bits per heavy atom. The van der Waals surface area contributed by atoms with Crippen molar-refractivity contribution in [2.75, 3.05) is 13.7 Å². The first kappa shape index (κ1) is 21.5. The Kier molecular flexibility index (Phi) is 6.74. The van der Waals surface area contributed by atoms with Crippen LogP contribution in [0.25, 0.3) is 22.3 Å². The maximum absolute atomic E-state index is 5.45. The molecule has 1 unspecified atom stereocenters. The van der Waals surface area contributed by atoms with E-state index < -0.39 is 0 Å². The molecule has 0 aromatic carbocycles. The van der Waals surface area contributed by atoms with Crippen LogP contribution >= 0.6 is 0 Å². The van der Waals surface area contributed by atoms with Crippen molar-refractivity contribution in [3.63, 3.8) is 0 Å². The summed E-state index contributed by atoms with van der Waals surface area (Å²) >= 11 is 0. The van der Waals surface area contributed by atoms with Crippen LogP contribution in [0.5, 0.6) is 0 Å². The Labute approximate surface area is 175 Å². The van der Waals surface area contributed by atoms with Crippen molar-refractivity contribution < 1.29 is 4.74 Å². The number of ether oxygens (including phenoxy) is 1. The maximum Gasteiger partial charge on any atom is 0.0917 e. The topological polar surface area (TPSA) is 39.9 Å². The van der Waals surface area contributed by atoms with E-state index in [0.29, 0.717) is 18.6 Å². The van der Waals surface area contributed by atoms with Crippen LogP contribution in [-0.2, 0) is 11.2 Å². The standard InChI is InChI=1S/C25H35N3O/c1-8-10-22-20(11-12-21(26-22)16(3)4)24-17(5)13-23-25(27-24)18(6)14-28(23)19(9-2)15-29-7/h11-14,16,19H,8-10,15H2,1-7H3. The normalized spacial score (nSPS) is 12.8. The molecule has 0 amide bonds. The molecule has 0 aliphatic rings. The zero-order valence-corrected chi connectivity index (χ0v) is 19.0. The minimum atomic E-state index is 0.325. The van der Waals surface area contributed by atoms with Gasteiger partial charge in [0.25, 0.3) is 0 Å². The van der Waals surface area contributed by atoms with Gasteiger partial charge in [-0.25, -0.2) is 4.98 Å². The zero-order valence-electron chi connectivity index (χ0n) is 19.0. The molecule has 0 saturated carbocycles. The van der Waals surface area contributed by atoms with Gasteiger partial charge in [-0.1, -0.05) is 34.1 Å². The van der Waals surface area contributed by atoms with E-state index in [1.165, 1.54) is 22.2 Å². The number of methoxy groups -OCH3 is 1. The van der Waals surface area contributed by atoms with Gasteiger partial charge in [0.1, 0.15) is 0 Å². The van der Waals surface area contributed by atoms with E-state index in [0.717, 1.165) is 41.9 Å². The van der Waals surface area contributed by atoms with Crippen molar-refractivity contribution in [3.05, 3.63) is 46.9 Å². The second-order valence-corrected chi connectivity index (χ2v) is 8.39. The average Bonchev–Trinajstić information content (AvgIpc) is 3.01. The molecule has 3 aromatic heterocycles. The van der Waals surface area contributed by atoms with Crippen LogP contribution in [-0.4, -0.2) is 28.3 Å². The third kappa shape index (κ3) is 4.23. The van der Waals surface area contributed by atoms with Crippen LogP contribution in [0.15, 0.2) is 24.4 Å². The Morgan fingerprint density at radius 3 is 2.45 bits per heavy atom. The number of aryl methyl sites for hydroxylation is 3. The third-order valence-electron chi connectivity index (χ3n) is 5.73. The van der Waals surface area contributed by atoms with Crippen molar-refractivity contribution in [2.24, 2.45) is 0 Å². The molecule has 0 aliphatic heterocycles. The molecule has 3 rings (SSSR count). The van der Waals surface area contributed by atoms with E-state index in [2.05, 4.69) is 70.5 Å². The van der Waals surface area contributed by atoms with Crippen molar-refractivity contribution in [2.45, 2.75) is 72.8 Å². The lowest BCUT2D eigenvalue weighted by Gasteiger charge is -2.18. The van der Waals surface area contributed by atoms with E-state index in [1.54, 1.807) is 7.11 Å². The minimum Gasteiger partial charge on any atom is -0.383 e.